The molecule has 2 fully saturated rings. The molecule has 2 aliphatic heterocycles. The molecule has 4 rings (SSSR count). The summed E-state index contributed by atoms with van der Waals surface area (Å²) in [5.74, 6) is -2.73. The van der Waals surface area contributed by atoms with E-state index in [9.17, 15) is 33.6 Å². The number of Topliss-reactive ketones (excluding diaryl/α,β-unsaturated/α-hetero) is 1. The second kappa shape index (κ2) is 13.7. The van der Waals surface area contributed by atoms with Crippen LogP contribution in [0.5, 0.6) is 0 Å². The van der Waals surface area contributed by atoms with Gasteiger partial charge in [-0.3, -0.25) is 44.7 Å². The Bertz CT molecular complexity index is 1170. The Kier molecular flexibility index (Phi) is 10.4. The van der Waals surface area contributed by atoms with E-state index in [2.05, 4.69) is 16.0 Å². The number of aldehydes is 1. The first-order chi connectivity index (χ1) is 17.6. The van der Waals surface area contributed by atoms with Gasteiger partial charge in [-0.05, 0) is 48.0 Å². The molecular weight excluding hydrogens is 482 g/mol. The van der Waals surface area contributed by atoms with E-state index < -0.39 is 35.4 Å². The zero-order valence-electron chi connectivity index (χ0n) is 20.0. The Morgan fingerprint density at radius 3 is 1.51 bits per heavy atom. The molecule has 12 nitrogen and oxygen atoms in total. The number of benzene rings is 2. The monoisotopic (exact) mass is 507 g/mol. The van der Waals surface area contributed by atoms with Crippen molar-refractivity contribution < 1.29 is 33.6 Å². The van der Waals surface area contributed by atoms with E-state index in [1.54, 1.807) is 31.3 Å². The van der Waals surface area contributed by atoms with Gasteiger partial charge in [-0.15, -0.1) is 0 Å². The second-order valence-electron chi connectivity index (χ2n) is 7.50. The molecule has 2 saturated heterocycles. The highest BCUT2D eigenvalue weighted by atomic mass is 16.2. The zero-order chi connectivity index (χ0) is 27.4. The number of amides is 6. The fourth-order valence-electron chi connectivity index (χ4n) is 2.91. The highest BCUT2D eigenvalue weighted by Gasteiger charge is 2.28. The average molecular weight is 508 g/mol. The summed E-state index contributed by atoms with van der Waals surface area (Å²) in [4.78, 5) is 75.1. The number of hydrogen-bond donors (Lipinski definition) is 5. The van der Waals surface area contributed by atoms with E-state index in [1.807, 2.05) is 41.9 Å². The first-order valence-electron chi connectivity index (χ1n) is 10.9. The molecule has 0 aliphatic carbocycles. The van der Waals surface area contributed by atoms with Crippen LogP contribution in [0.25, 0.3) is 6.08 Å². The SMILES string of the molecule is CNc1ccc(/C=C2\C(=O)CC(=O)NC2=O)cc1.CNc1ccc(C=O)cc1.O=C1CC(=O)NC(=O)N1. The van der Waals surface area contributed by atoms with Crippen molar-refractivity contribution in [1.82, 2.24) is 16.0 Å². The van der Waals surface area contributed by atoms with Crippen molar-refractivity contribution >= 4 is 59.2 Å². The summed E-state index contributed by atoms with van der Waals surface area (Å²) in [5, 5.41) is 11.9. The molecule has 37 heavy (non-hydrogen) atoms. The minimum absolute atomic E-state index is 0.0202. The molecule has 0 unspecified atom stereocenters. The number of carbonyl (C=O) groups is 7. The van der Waals surface area contributed by atoms with Crippen molar-refractivity contribution in [2.24, 2.45) is 0 Å². The normalized spacial score (nSPS) is 15.7. The Hall–Kier alpha value is -5.13. The lowest BCUT2D eigenvalue weighted by Crippen LogP contribution is -2.49. The largest absolute Gasteiger partial charge is 0.388 e. The molecule has 0 spiro atoms. The third-order valence-corrected chi connectivity index (χ3v) is 4.79. The summed E-state index contributed by atoms with van der Waals surface area (Å²) in [5.41, 5.74) is 3.42. The Morgan fingerprint density at radius 1 is 0.649 bits per heavy atom. The Morgan fingerprint density at radius 2 is 1.11 bits per heavy atom. The lowest BCUT2D eigenvalue weighted by atomic mass is 10.0. The number of nitrogens with one attached hydrogen (secondary N) is 5. The lowest BCUT2D eigenvalue weighted by molar-refractivity contribution is -0.135. The summed E-state index contributed by atoms with van der Waals surface area (Å²) in [6.45, 7) is 0. The van der Waals surface area contributed by atoms with E-state index in [1.165, 1.54) is 6.08 Å². The Balaban J connectivity index is 0.000000214. The standard InChI is InChI=1S/C13H12N2O3.C8H9NO.C4H4N2O3/c1-14-9-4-2-8(3-5-9)6-10-11(16)7-12(17)15-13(10)18;1-9-8-4-2-7(6-10)3-5-8;7-2-1-3(8)6-4(9)5-2/h2-6,14H,7H2,1H3,(H,15,17,18);2-6,9H,1H3;1H2,(H2,5,6,7,8,9)/b10-6+;;. The molecule has 192 valence electrons. The average Bonchev–Trinajstić information content (AvgIpc) is 2.86. The third-order valence-electron chi connectivity index (χ3n) is 4.79. The van der Waals surface area contributed by atoms with Crippen molar-refractivity contribution in [3.05, 3.63) is 65.2 Å². The first-order valence-corrected chi connectivity index (χ1v) is 10.9. The summed E-state index contributed by atoms with van der Waals surface area (Å²) < 4.78 is 0. The highest BCUT2D eigenvalue weighted by Crippen LogP contribution is 2.15. The summed E-state index contributed by atoms with van der Waals surface area (Å²) in [6.07, 6.45) is 1.79. The van der Waals surface area contributed by atoms with Gasteiger partial charge in [0.25, 0.3) is 5.91 Å². The number of piperidine rings is 1. The molecule has 2 aromatic rings. The predicted octanol–water partition coefficient (Wildman–Crippen LogP) is 1.01. The van der Waals surface area contributed by atoms with Gasteiger partial charge < -0.3 is 10.6 Å². The van der Waals surface area contributed by atoms with E-state index in [-0.39, 0.29) is 18.4 Å². The number of anilines is 2. The van der Waals surface area contributed by atoms with Crippen molar-refractivity contribution in [1.29, 1.82) is 0 Å². The van der Waals surface area contributed by atoms with E-state index in [4.69, 9.17) is 0 Å². The fourth-order valence-corrected chi connectivity index (χ4v) is 2.91. The molecule has 5 N–H and O–H groups in total. The smallest absolute Gasteiger partial charge is 0.328 e. The minimum Gasteiger partial charge on any atom is -0.388 e. The van der Waals surface area contributed by atoms with Gasteiger partial charge in [0.15, 0.2) is 5.78 Å². The van der Waals surface area contributed by atoms with Gasteiger partial charge in [0.2, 0.25) is 17.7 Å². The van der Waals surface area contributed by atoms with Gasteiger partial charge in [-0.1, -0.05) is 12.1 Å². The lowest BCUT2D eigenvalue weighted by Gasteiger charge is -2.12. The number of rotatable bonds is 4. The number of ketones is 1. The van der Waals surface area contributed by atoms with Crippen LogP contribution in [-0.2, 0) is 24.0 Å². The van der Waals surface area contributed by atoms with Crippen molar-refractivity contribution in [3.63, 3.8) is 0 Å². The minimum atomic E-state index is -0.740. The summed E-state index contributed by atoms with van der Waals surface area (Å²) in [6, 6.07) is 13.8. The van der Waals surface area contributed by atoms with Gasteiger partial charge >= 0.3 is 6.03 Å². The zero-order valence-corrected chi connectivity index (χ0v) is 20.0. The maximum Gasteiger partial charge on any atom is 0.328 e. The van der Waals surface area contributed by atoms with Crippen LogP contribution in [0.2, 0.25) is 0 Å². The maximum atomic E-state index is 11.6. The van der Waals surface area contributed by atoms with Crippen LogP contribution in [-0.4, -0.2) is 55.8 Å². The molecule has 0 atom stereocenters. The summed E-state index contributed by atoms with van der Waals surface area (Å²) >= 11 is 0. The molecule has 0 saturated carbocycles. The first kappa shape index (κ1) is 28.1. The molecule has 2 aliphatic rings. The van der Waals surface area contributed by atoms with Crippen molar-refractivity contribution in [2.45, 2.75) is 12.8 Å². The topological polar surface area (TPSA) is 180 Å². The van der Waals surface area contributed by atoms with Crippen LogP contribution >= 0.6 is 0 Å². The number of imide groups is 3. The van der Waals surface area contributed by atoms with E-state index in [0.717, 1.165) is 23.2 Å². The number of urea groups is 1. The van der Waals surface area contributed by atoms with E-state index in [0.29, 0.717) is 5.56 Å². The molecule has 12 heteroatoms. The molecule has 0 aromatic heterocycles. The predicted molar refractivity (Wildman–Crippen MR) is 134 cm³/mol. The van der Waals surface area contributed by atoms with Gasteiger partial charge in [-0.2, -0.15) is 0 Å². The molecule has 2 aromatic carbocycles. The van der Waals surface area contributed by atoms with Crippen LogP contribution in [0.4, 0.5) is 16.2 Å². The van der Waals surface area contributed by atoms with Gasteiger partial charge in [0.1, 0.15) is 12.7 Å². The molecule has 2 heterocycles. The maximum absolute atomic E-state index is 11.6. The molecule has 0 radical (unpaired) electrons. The fraction of sp³-hybridized carbons (Fsp3) is 0.160. The molecule has 0 bridgehead atoms. The number of carbonyl (C=O) groups excluding carboxylic acids is 7. The van der Waals surface area contributed by atoms with Crippen LogP contribution < -0.4 is 26.6 Å². The van der Waals surface area contributed by atoms with Crippen molar-refractivity contribution in [3.8, 4) is 0 Å². The van der Waals surface area contributed by atoms with Crippen LogP contribution in [0, 0.1) is 0 Å². The van der Waals surface area contributed by atoms with Crippen LogP contribution in [0.1, 0.15) is 28.8 Å². The van der Waals surface area contributed by atoms with E-state index >= 15 is 0 Å². The van der Waals surface area contributed by atoms with Crippen molar-refractivity contribution in [2.75, 3.05) is 24.7 Å². The number of hydrogen-bond acceptors (Lipinski definition) is 9. The van der Waals surface area contributed by atoms with Crippen LogP contribution in [0.3, 0.4) is 0 Å². The molecular formula is C25H25N5O7. The third kappa shape index (κ3) is 9.20. The molecule has 6 amide bonds. The van der Waals surface area contributed by atoms with Crippen LogP contribution in [0.15, 0.2) is 54.1 Å². The highest BCUT2D eigenvalue weighted by molar-refractivity contribution is 6.32. The van der Waals surface area contributed by atoms with Gasteiger partial charge in [0.05, 0.1) is 12.0 Å². The quantitative estimate of drug-likeness (QED) is 0.133. The second-order valence-corrected chi connectivity index (χ2v) is 7.50. The number of barbiturate groups is 1. The summed E-state index contributed by atoms with van der Waals surface area (Å²) in [7, 11) is 3.65. The van der Waals surface area contributed by atoms with Gasteiger partial charge in [0, 0.05) is 31.0 Å². The van der Waals surface area contributed by atoms with Gasteiger partial charge in [-0.25, -0.2) is 4.79 Å². The Labute approximate surface area is 211 Å².